The number of para-hydroxylation sites is 1. The number of rotatable bonds is 3. The number of aromatic nitrogens is 2. The third-order valence-corrected chi connectivity index (χ3v) is 3.84. The second kappa shape index (κ2) is 5.81. The maximum absolute atomic E-state index is 6.17. The summed E-state index contributed by atoms with van der Waals surface area (Å²) in [4.78, 5) is 11.2. The quantitative estimate of drug-likeness (QED) is 0.778. The highest BCUT2D eigenvalue weighted by Gasteiger charge is 2.09. The molecule has 0 unspecified atom stereocenters. The number of hydrogen-bond donors (Lipinski definition) is 1. The van der Waals surface area contributed by atoms with E-state index in [2.05, 4.69) is 15.3 Å². The highest BCUT2D eigenvalue weighted by atomic mass is 35.5. The first kappa shape index (κ1) is 14.6. The lowest BCUT2D eigenvalue weighted by molar-refractivity contribution is 1.06. The Kier molecular flexibility index (Phi) is 3.86. The largest absolute Gasteiger partial charge is 0.362 e. The molecule has 0 fully saturated rings. The summed E-state index contributed by atoms with van der Waals surface area (Å²) in [5.74, 6) is 1.44. The van der Waals surface area contributed by atoms with Crippen molar-refractivity contribution >= 4 is 40.0 Å². The Balaban J connectivity index is 2.05. The van der Waals surface area contributed by atoms with E-state index in [0.29, 0.717) is 5.95 Å². The fraction of sp³-hybridized carbons (Fsp3) is 0.176. The zero-order valence-corrected chi connectivity index (χ0v) is 13.5. The molecule has 0 aliphatic carbocycles. The molecule has 0 aliphatic rings. The topological polar surface area (TPSA) is 41.1 Å². The van der Waals surface area contributed by atoms with Crippen molar-refractivity contribution in [3.63, 3.8) is 0 Å². The predicted octanol–water partition coefficient (Wildman–Crippen LogP) is 4.40. The molecule has 3 rings (SSSR count). The van der Waals surface area contributed by atoms with Gasteiger partial charge >= 0.3 is 0 Å². The summed E-state index contributed by atoms with van der Waals surface area (Å²) >= 11 is 6.17. The fourth-order valence-corrected chi connectivity index (χ4v) is 2.44. The Bertz CT molecular complexity index is 830. The van der Waals surface area contributed by atoms with E-state index in [1.54, 1.807) is 0 Å². The Labute approximate surface area is 134 Å². The number of hydrogen-bond acceptors (Lipinski definition) is 4. The average Bonchev–Trinajstić information content (AvgIpc) is 2.50. The molecule has 2 aromatic carbocycles. The summed E-state index contributed by atoms with van der Waals surface area (Å²) in [5.41, 5.74) is 2.82. The lowest BCUT2D eigenvalue weighted by atomic mass is 10.2. The van der Waals surface area contributed by atoms with Gasteiger partial charge in [0, 0.05) is 30.2 Å². The SMILES string of the molecule is Cc1ccc(Nc2nc(N(C)C)c3ccccc3n2)cc1Cl. The minimum atomic E-state index is 0.558. The zero-order chi connectivity index (χ0) is 15.7. The minimum absolute atomic E-state index is 0.558. The molecule has 0 spiro atoms. The van der Waals surface area contributed by atoms with Crippen LogP contribution >= 0.6 is 11.6 Å². The second-order valence-corrected chi connectivity index (χ2v) is 5.78. The summed E-state index contributed by atoms with van der Waals surface area (Å²) in [5, 5.41) is 4.97. The van der Waals surface area contributed by atoms with Crippen LogP contribution in [0.3, 0.4) is 0 Å². The molecule has 0 saturated heterocycles. The summed E-state index contributed by atoms with van der Waals surface area (Å²) in [6, 6.07) is 13.8. The third-order valence-electron chi connectivity index (χ3n) is 3.43. The number of aryl methyl sites for hydroxylation is 1. The summed E-state index contributed by atoms with van der Waals surface area (Å²) < 4.78 is 0. The van der Waals surface area contributed by atoms with Gasteiger partial charge in [-0.25, -0.2) is 4.98 Å². The Morgan fingerprint density at radius 3 is 2.55 bits per heavy atom. The average molecular weight is 313 g/mol. The highest BCUT2D eigenvalue weighted by Crippen LogP contribution is 2.26. The molecule has 0 saturated carbocycles. The number of fused-ring (bicyclic) bond motifs is 1. The summed E-state index contributed by atoms with van der Waals surface area (Å²) in [6.07, 6.45) is 0. The van der Waals surface area contributed by atoms with Crippen molar-refractivity contribution in [2.45, 2.75) is 6.92 Å². The summed E-state index contributed by atoms with van der Waals surface area (Å²) in [6.45, 7) is 1.97. The molecule has 0 bridgehead atoms. The van der Waals surface area contributed by atoms with Crippen LogP contribution in [0.5, 0.6) is 0 Å². The van der Waals surface area contributed by atoms with E-state index in [4.69, 9.17) is 11.6 Å². The van der Waals surface area contributed by atoms with Crippen LogP contribution in [0.1, 0.15) is 5.56 Å². The normalized spacial score (nSPS) is 10.7. The first-order chi connectivity index (χ1) is 10.5. The molecule has 22 heavy (non-hydrogen) atoms. The highest BCUT2D eigenvalue weighted by molar-refractivity contribution is 6.31. The van der Waals surface area contributed by atoms with Crippen LogP contribution in [-0.4, -0.2) is 24.1 Å². The van der Waals surface area contributed by atoms with E-state index in [0.717, 1.165) is 33.0 Å². The number of nitrogens with zero attached hydrogens (tertiary/aromatic N) is 3. The van der Waals surface area contributed by atoms with Gasteiger partial charge in [0.05, 0.1) is 5.52 Å². The first-order valence-corrected chi connectivity index (χ1v) is 7.39. The maximum Gasteiger partial charge on any atom is 0.229 e. The van der Waals surface area contributed by atoms with Crippen molar-refractivity contribution in [1.82, 2.24) is 9.97 Å². The molecule has 3 aromatic rings. The van der Waals surface area contributed by atoms with Crippen molar-refractivity contribution in [2.24, 2.45) is 0 Å². The first-order valence-electron chi connectivity index (χ1n) is 7.02. The van der Waals surface area contributed by atoms with Gasteiger partial charge < -0.3 is 10.2 Å². The van der Waals surface area contributed by atoms with E-state index < -0.39 is 0 Å². The minimum Gasteiger partial charge on any atom is -0.362 e. The van der Waals surface area contributed by atoms with E-state index in [1.165, 1.54) is 0 Å². The molecule has 0 aliphatic heterocycles. The number of nitrogens with one attached hydrogen (secondary N) is 1. The van der Waals surface area contributed by atoms with Crippen molar-refractivity contribution in [2.75, 3.05) is 24.3 Å². The van der Waals surface area contributed by atoms with Gasteiger partial charge in [-0.05, 0) is 36.8 Å². The maximum atomic E-state index is 6.17. The molecule has 0 atom stereocenters. The molecular formula is C17H17ClN4. The fourth-order valence-electron chi connectivity index (χ4n) is 2.26. The monoisotopic (exact) mass is 312 g/mol. The van der Waals surface area contributed by atoms with Crippen LogP contribution in [0.4, 0.5) is 17.5 Å². The van der Waals surface area contributed by atoms with Crippen molar-refractivity contribution in [1.29, 1.82) is 0 Å². The van der Waals surface area contributed by atoms with Gasteiger partial charge in [-0.15, -0.1) is 0 Å². The van der Waals surface area contributed by atoms with Crippen LogP contribution in [0, 0.1) is 6.92 Å². The second-order valence-electron chi connectivity index (χ2n) is 5.37. The number of benzene rings is 2. The van der Waals surface area contributed by atoms with Gasteiger partial charge in [0.1, 0.15) is 5.82 Å². The van der Waals surface area contributed by atoms with Crippen LogP contribution in [0.15, 0.2) is 42.5 Å². The van der Waals surface area contributed by atoms with Crippen molar-refractivity contribution < 1.29 is 0 Å². The van der Waals surface area contributed by atoms with Gasteiger partial charge in [-0.2, -0.15) is 4.98 Å². The van der Waals surface area contributed by atoms with Gasteiger partial charge in [0.25, 0.3) is 0 Å². The van der Waals surface area contributed by atoms with Gasteiger partial charge in [0.15, 0.2) is 0 Å². The lowest BCUT2D eigenvalue weighted by Crippen LogP contribution is -2.13. The Morgan fingerprint density at radius 2 is 1.82 bits per heavy atom. The molecule has 0 amide bonds. The molecular weight excluding hydrogens is 296 g/mol. The molecule has 112 valence electrons. The number of anilines is 3. The molecule has 5 heteroatoms. The van der Waals surface area contributed by atoms with E-state index in [9.17, 15) is 0 Å². The smallest absolute Gasteiger partial charge is 0.229 e. The zero-order valence-electron chi connectivity index (χ0n) is 12.8. The van der Waals surface area contributed by atoms with Crippen molar-refractivity contribution in [3.8, 4) is 0 Å². The summed E-state index contributed by atoms with van der Waals surface area (Å²) in [7, 11) is 3.95. The lowest BCUT2D eigenvalue weighted by Gasteiger charge is -2.16. The Hall–Kier alpha value is -2.33. The van der Waals surface area contributed by atoms with Crippen molar-refractivity contribution in [3.05, 3.63) is 53.1 Å². The molecule has 1 N–H and O–H groups in total. The van der Waals surface area contributed by atoms with Crippen LogP contribution in [0.25, 0.3) is 10.9 Å². The van der Waals surface area contributed by atoms with Gasteiger partial charge in [-0.3, -0.25) is 0 Å². The third kappa shape index (κ3) is 2.83. The van der Waals surface area contributed by atoms with Crippen LogP contribution < -0.4 is 10.2 Å². The Morgan fingerprint density at radius 1 is 1.05 bits per heavy atom. The predicted molar refractivity (Wildman–Crippen MR) is 93.3 cm³/mol. The van der Waals surface area contributed by atoms with E-state index in [1.807, 2.05) is 68.4 Å². The molecule has 0 radical (unpaired) electrons. The van der Waals surface area contributed by atoms with Gasteiger partial charge in [0.2, 0.25) is 5.95 Å². The van der Waals surface area contributed by atoms with Crippen LogP contribution in [-0.2, 0) is 0 Å². The van der Waals surface area contributed by atoms with Crippen LogP contribution in [0.2, 0.25) is 5.02 Å². The van der Waals surface area contributed by atoms with E-state index in [-0.39, 0.29) is 0 Å². The molecule has 1 heterocycles. The number of halogens is 1. The molecule has 4 nitrogen and oxygen atoms in total. The molecule has 1 aromatic heterocycles. The standard InChI is InChI=1S/C17H17ClN4/c1-11-8-9-12(10-14(11)18)19-17-20-15-7-5-4-6-13(15)16(21-17)22(2)3/h4-10H,1-3H3,(H,19,20,21). The van der Waals surface area contributed by atoms with E-state index >= 15 is 0 Å². The van der Waals surface area contributed by atoms with Gasteiger partial charge in [-0.1, -0.05) is 29.8 Å².